The van der Waals surface area contributed by atoms with E-state index in [9.17, 15) is 18.0 Å². The van der Waals surface area contributed by atoms with E-state index in [-0.39, 0.29) is 11.8 Å². The molecule has 0 aromatic heterocycles. The molecule has 0 unspecified atom stereocenters. The van der Waals surface area contributed by atoms with Gasteiger partial charge in [-0.15, -0.1) is 0 Å². The predicted octanol–water partition coefficient (Wildman–Crippen LogP) is 3.39. The Bertz CT molecular complexity index is 661. The monoisotopic (exact) mass is 371 g/mol. The largest absolute Gasteiger partial charge is 0.416 e. The molecule has 1 saturated heterocycles. The van der Waals surface area contributed by atoms with E-state index in [1.54, 1.807) is 6.07 Å². The van der Waals surface area contributed by atoms with Crippen LogP contribution >= 0.6 is 12.2 Å². The van der Waals surface area contributed by atoms with Crippen molar-refractivity contribution in [2.24, 2.45) is 5.92 Å². The van der Waals surface area contributed by atoms with E-state index >= 15 is 0 Å². The number of hydrogen-bond donors (Lipinski definition) is 2. The number of nitrogens with one attached hydrogen (secondary N) is 2. The fourth-order valence-corrected chi connectivity index (χ4v) is 3.18. The lowest BCUT2D eigenvalue weighted by atomic mass is 9.97. The summed E-state index contributed by atoms with van der Waals surface area (Å²) in [6.45, 7) is 1.18. The summed E-state index contributed by atoms with van der Waals surface area (Å²) in [7, 11) is 0. The summed E-state index contributed by atoms with van der Waals surface area (Å²) in [4.78, 5) is 14.1. The van der Waals surface area contributed by atoms with Gasteiger partial charge < -0.3 is 15.5 Å². The van der Waals surface area contributed by atoms with E-state index in [0.717, 1.165) is 37.8 Å². The van der Waals surface area contributed by atoms with E-state index in [2.05, 4.69) is 10.6 Å². The highest BCUT2D eigenvalue weighted by molar-refractivity contribution is 7.80. The van der Waals surface area contributed by atoms with Crippen LogP contribution in [0.4, 0.5) is 18.9 Å². The summed E-state index contributed by atoms with van der Waals surface area (Å²) in [5.41, 5.74) is -0.426. The molecule has 2 N–H and O–H groups in total. The molecule has 1 aliphatic carbocycles. The zero-order chi connectivity index (χ0) is 18.0. The predicted molar refractivity (Wildman–Crippen MR) is 93.1 cm³/mol. The van der Waals surface area contributed by atoms with Gasteiger partial charge in [-0.05, 0) is 56.1 Å². The van der Waals surface area contributed by atoms with Crippen LogP contribution in [0.2, 0.25) is 0 Å². The van der Waals surface area contributed by atoms with Gasteiger partial charge in [-0.1, -0.05) is 6.07 Å². The van der Waals surface area contributed by atoms with Crippen LogP contribution in [0, 0.1) is 5.92 Å². The van der Waals surface area contributed by atoms with Crippen LogP contribution in [-0.2, 0) is 11.0 Å². The second-order valence-corrected chi connectivity index (χ2v) is 6.96. The van der Waals surface area contributed by atoms with Crippen molar-refractivity contribution in [1.29, 1.82) is 0 Å². The molecule has 8 heteroatoms. The molecule has 136 valence electrons. The number of likely N-dealkylation sites (tertiary alicyclic amines) is 1. The van der Waals surface area contributed by atoms with E-state index in [1.165, 1.54) is 6.07 Å². The minimum absolute atomic E-state index is 0.0501. The third-order valence-electron chi connectivity index (χ3n) is 4.44. The fourth-order valence-electron chi connectivity index (χ4n) is 2.90. The van der Waals surface area contributed by atoms with Gasteiger partial charge in [0, 0.05) is 24.8 Å². The van der Waals surface area contributed by atoms with E-state index in [4.69, 9.17) is 12.2 Å². The zero-order valence-electron chi connectivity index (χ0n) is 13.6. The van der Waals surface area contributed by atoms with Crippen LogP contribution in [0.1, 0.15) is 31.2 Å². The first-order valence-corrected chi connectivity index (χ1v) is 8.77. The van der Waals surface area contributed by atoms with Gasteiger partial charge >= 0.3 is 6.18 Å². The van der Waals surface area contributed by atoms with Crippen molar-refractivity contribution >= 4 is 28.9 Å². The Hall–Kier alpha value is -1.83. The Morgan fingerprint density at radius 3 is 2.68 bits per heavy atom. The van der Waals surface area contributed by atoms with Gasteiger partial charge in [-0.2, -0.15) is 13.2 Å². The zero-order valence-corrected chi connectivity index (χ0v) is 14.4. The van der Waals surface area contributed by atoms with Gasteiger partial charge in [0.25, 0.3) is 0 Å². The van der Waals surface area contributed by atoms with Crippen LogP contribution in [-0.4, -0.2) is 35.1 Å². The van der Waals surface area contributed by atoms with Crippen molar-refractivity contribution in [3.05, 3.63) is 29.8 Å². The summed E-state index contributed by atoms with van der Waals surface area (Å²) in [5.74, 6) is -0.0790. The van der Waals surface area contributed by atoms with Crippen LogP contribution in [0.5, 0.6) is 0 Å². The molecule has 0 bridgehead atoms. The molecule has 2 fully saturated rings. The van der Waals surface area contributed by atoms with Crippen LogP contribution in [0.3, 0.4) is 0 Å². The molecule has 1 aromatic rings. The highest BCUT2D eigenvalue weighted by atomic mass is 32.1. The van der Waals surface area contributed by atoms with E-state index < -0.39 is 11.7 Å². The average molecular weight is 371 g/mol. The number of rotatable bonds is 3. The summed E-state index contributed by atoms with van der Waals surface area (Å²) in [5, 5.41) is 6.22. The van der Waals surface area contributed by atoms with Gasteiger partial charge in [0.1, 0.15) is 0 Å². The molecule has 1 atom stereocenters. The molecule has 2 aliphatic rings. The number of carbonyl (C=O) groups is 1. The molecule has 1 amide bonds. The maximum atomic E-state index is 12.8. The molecule has 1 saturated carbocycles. The Morgan fingerprint density at radius 1 is 1.24 bits per heavy atom. The normalized spacial score (nSPS) is 20.9. The molecular weight excluding hydrogens is 351 g/mol. The topological polar surface area (TPSA) is 44.4 Å². The minimum Gasteiger partial charge on any atom is -0.353 e. The van der Waals surface area contributed by atoms with E-state index in [1.807, 2.05) is 4.90 Å². The number of thiocarbonyl (C=S) groups is 1. The SMILES string of the molecule is O=C(NC1CC1)[C@@H]1CCCN(C(=S)Nc2cccc(C(F)(F)F)c2)C1. The first-order chi connectivity index (χ1) is 11.8. The lowest BCUT2D eigenvalue weighted by Crippen LogP contribution is -2.47. The molecule has 1 aromatic carbocycles. The molecule has 0 radical (unpaired) electrons. The number of carbonyl (C=O) groups excluding carboxylic acids is 1. The van der Waals surface area contributed by atoms with Gasteiger partial charge in [0.2, 0.25) is 5.91 Å². The summed E-state index contributed by atoms with van der Waals surface area (Å²) in [6.07, 6.45) is -0.680. The van der Waals surface area contributed by atoms with Crippen LogP contribution < -0.4 is 10.6 Å². The second-order valence-electron chi connectivity index (χ2n) is 6.58. The highest BCUT2D eigenvalue weighted by Crippen LogP contribution is 2.31. The van der Waals surface area contributed by atoms with Crippen molar-refractivity contribution in [1.82, 2.24) is 10.2 Å². The van der Waals surface area contributed by atoms with Crippen molar-refractivity contribution in [2.45, 2.75) is 37.9 Å². The molecule has 0 spiro atoms. The lowest BCUT2D eigenvalue weighted by molar-refractivity contribution is -0.137. The van der Waals surface area contributed by atoms with Gasteiger partial charge in [0.05, 0.1) is 11.5 Å². The number of benzene rings is 1. The maximum absolute atomic E-state index is 12.8. The second kappa shape index (κ2) is 7.19. The number of piperidine rings is 1. The third kappa shape index (κ3) is 4.84. The Balaban J connectivity index is 1.59. The van der Waals surface area contributed by atoms with Gasteiger partial charge in [0.15, 0.2) is 5.11 Å². The van der Waals surface area contributed by atoms with Crippen molar-refractivity contribution in [3.63, 3.8) is 0 Å². The molecule has 1 heterocycles. The molecule has 4 nitrogen and oxygen atoms in total. The first-order valence-electron chi connectivity index (χ1n) is 8.36. The number of hydrogen-bond acceptors (Lipinski definition) is 2. The van der Waals surface area contributed by atoms with Crippen LogP contribution in [0.25, 0.3) is 0 Å². The number of anilines is 1. The Kier molecular flexibility index (Phi) is 5.17. The maximum Gasteiger partial charge on any atom is 0.416 e. The van der Waals surface area contributed by atoms with Crippen LogP contribution in [0.15, 0.2) is 24.3 Å². The fraction of sp³-hybridized carbons (Fsp3) is 0.529. The summed E-state index contributed by atoms with van der Waals surface area (Å²) >= 11 is 5.33. The summed E-state index contributed by atoms with van der Waals surface area (Å²) in [6, 6.07) is 5.26. The quantitative estimate of drug-likeness (QED) is 0.800. The first kappa shape index (κ1) is 18.0. The highest BCUT2D eigenvalue weighted by Gasteiger charge is 2.32. The average Bonchev–Trinajstić information content (AvgIpc) is 3.38. The lowest BCUT2D eigenvalue weighted by Gasteiger charge is -2.34. The summed E-state index contributed by atoms with van der Waals surface area (Å²) < 4.78 is 38.4. The Morgan fingerprint density at radius 2 is 2.00 bits per heavy atom. The van der Waals surface area contributed by atoms with Crippen molar-refractivity contribution in [3.8, 4) is 0 Å². The minimum atomic E-state index is -4.39. The van der Waals surface area contributed by atoms with Gasteiger partial charge in [-0.3, -0.25) is 4.79 Å². The number of halogens is 3. The van der Waals surface area contributed by atoms with Crippen molar-refractivity contribution in [2.75, 3.05) is 18.4 Å². The third-order valence-corrected chi connectivity index (χ3v) is 4.80. The molecule has 1 aliphatic heterocycles. The number of alkyl halides is 3. The van der Waals surface area contributed by atoms with E-state index in [0.29, 0.717) is 29.9 Å². The molecule has 3 rings (SSSR count). The Labute approximate surface area is 149 Å². The number of amides is 1. The van der Waals surface area contributed by atoms with Gasteiger partial charge in [-0.25, -0.2) is 0 Å². The smallest absolute Gasteiger partial charge is 0.353 e. The number of nitrogens with zero attached hydrogens (tertiary/aromatic N) is 1. The molecular formula is C17H20F3N3OS. The van der Waals surface area contributed by atoms with Crippen molar-refractivity contribution < 1.29 is 18.0 Å². The molecule has 25 heavy (non-hydrogen) atoms. The standard InChI is InChI=1S/C17H20F3N3OS/c18-17(19,20)12-4-1-5-14(9-12)22-16(25)23-8-2-3-11(10-23)15(24)21-13-6-7-13/h1,4-5,9,11,13H,2-3,6-8,10H2,(H,21,24)(H,22,25)/t11-/m1/s1.